The Morgan fingerprint density at radius 2 is 0.417 bits per heavy atom. The van der Waals surface area contributed by atoms with Gasteiger partial charge < -0.3 is 28.4 Å². The summed E-state index contributed by atoms with van der Waals surface area (Å²) in [5.41, 5.74) is -4.64. The zero-order valence-electron chi connectivity index (χ0n) is 37.4. The lowest BCUT2D eigenvalue weighted by Crippen LogP contribution is -2.12. The summed E-state index contributed by atoms with van der Waals surface area (Å²) in [5, 5.41) is 0. The van der Waals surface area contributed by atoms with Crippen molar-refractivity contribution in [1.29, 1.82) is 0 Å². The van der Waals surface area contributed by atoms with Crippen molar-refractivity contribution in [3.05, 3.63) is 106 Å². The first-order valence-electron chi connectivity index (χ1n) is 20.7. The molecule has 0 spiro atoms. The van der Waals surface area contributed by atoms with E-state index < -0.39 is 142 Å². The summed E-state index contributed by atoms with van der Waals surface area (Å²) in [5.74, 6) is -7.53. The molecule has 0 radical (unpaired) electrons. The van der Waals surface area contributed by atoms with E-state index in [2.05, 4.69) is 0 Å². The molecular formula is C36H36O12. The van der Waals surface area contributed by atoms with Gasteiger partial charge in [-0.15, -0.1) is 0 Å². The molecule has 0 saturated heterocycles. The normalized spacial score (nSPS) is 20.5. The minimum Gasteiger partial charge on any atom is -0.462 e. The van der Waals surface area contributed by atoms with Gasteiger partial charge in [0.25, 0.3) is 0 Å². The Bertz CT molecular complexity index is 1760. The van der Waals surface area contributed by atoms with Gasteiger partial charge in [-0.1, -0.05) is 0 Å². The number of carbonyl (C=O) groups is 6. The minimum atomic E-state index is -1.25. The van der Waals surface area contributed by atoms with E-state index in [9.17, 15) is 28.8 Å². The Kier molecular flexibility index (Phi) is 8.56. The maximum atomic E-state index is 12.8. The molecule has 12 nitrogen and oxygen atoms in total. The van der Waals surface area contributed by atoms with Crippen LogP contribution in [0.3, 0.4) is 0 Å². The van der Waals surface area contributed by atoms with Gasteiger partial charge in [-0.25, -0.2) is 28.8 Å². The maximum absolute atomic E-state index is 12.8. The number of esters is 6. The molecule has 0 saturated carbocycles. The minimum absolute atomic E-state index is 0.0363. The van der Waals surface area contributed by atoms with Gasteiger partial charge in [-0.3, -0.25) is 0 Å². The molecule has 0 atom stereocenters. The van der Waals surface area contributed by atoms with E-state index in [1.54, 1.807) is 0 Å². The fourth-order valence-corrected chi connectivity index (χ4v) is 3.58. The number of fused-ring (bicyclic) bond motifs is 2. The third-order valence-corrected chi connectivity index (χ3v) is 6.11. The molecule has 0 fully saturated rings. The molecule has 0 N–H and O–H groups in total. The number of benzene rings is 3. The molecule has 0 unspecified atom stereocenters. The number of carbonyl (C=O) groups excluding carboxylic acids is 6. The topological polar surface area (TPSA) is 158 Å². The molecule has 0 aromatic heterocycles. The summed E-state index contributed by atoms with van der Waals surface area (Å²) in [6.07, 6.45) is 0.218. The van der Waals surface area contributed by atoms with Gasteiger partial charge in [-0.2, -0.15) is 0 Å². The predicted molar refractivity (Wildman–Crippen MR) is 169 cm³/mol. The van der Waals surface area contributed by atoms with Crippen molar-refractivity contribution < 1.29 is 73.6 Å². The first-order valence-corrected chi connectivity index (χ1v) is 14.7. The molecular weight excluding hydrogens is 624 g/mol. The highest BCUT2D eigenvalue weighted by atomic mass is 16.6. The summed E-state index contributed by atoms with van der Waals surface area (Å²) in [7, 11) is 0. The smallest absolute Gasteiger partial charge is 0.338 e. The first-order chi connectivity index (χ1) is 28.3. The summed E-state index contributed by atoms with van der Waals surface area (Å²) in [4.78, 5) is 76.7. The third-order valence-electron chi connectivity index (χ3n) is 6.11. The van der Waals surface area contributed by atoms with Crippen LogP contribution in [0.1, 0.15) is 117 Å². The molecule has 0 amide bonds. The quantitative estimate of drug-likeness (QED) is 0.222. The highest BCUT2D eigenvalue weighted by molar-refractivity contribution is 5.95. The van der Waals surface area contributed by atoms with Crippen LogP contribution in [0.15, 0.2) is 72.5 Å². The first kappa shape index (κ1) is 22.1. The number of hydrogen-bond donors (Lipinski definition) is 0. The largest absolute Gasteiger partial charge is 0.462 e. The number of rotatable bonds is 0. The molecule has 3 aromatic rings. The van der Waals surface area contributed by atoms with Crippen LogP contribution in [0.2, 0.25) is 0 Å². The molecule has 6 bridgehead atoms. The third kappa shape index (κ3) is 11.1. The molecule has 252 valence electrons. The Balaban J connectivity index is 1.55. The summed E-state index contributed by atoms with van der Waals surface area (Å²) in [6.45, 7) is -2.11. The van der Waals surface area contributed by atoms with Crippen LogP contribution < -0.4 is 0 Å². The van der Waals surface area contributed by atoms with E-state index in [0.717, 1.165) is 0 Å². The number of hydrogen-bond acceptors (Lipinski definition) is 12. The van der Waals surface area contributed by atoms with Gasteiger partial charge in [0.2, 0.25) is 0 Å². The van der Waals surface area contributed by atoms with E-state index in [-0.39, 0.29) is 78.2 Å². The van der Waals surface area contributed by atoms with Gasteiger partial charge in [0.15, 0.2) is 0 Å². The summed E-state index contributed by atoms with van der Waals surface area (Å²) in [6, 6.07) is -10.7. The highest BCUT2D eigenvalue weighted by Crippen LogP contribution is 2.12. The molecule has 3 aromatic carbocycles. The second-order valence-corrected chi connectivity index (χ2v) is 9.69. The van der Waals surface area contributed by atoms with Crippen LogP contribution in [-0.4, -0.2) is 75.5 Å². The van der Waals surface area contributed by atoms with Crippen LogP contribution >= 0.6 is 0 Å². The summed E-state index contributed by atoms with van der Waals surface area (Å²) < 4.78 is 129. The fourth-order valence-electron chi connectivity index (χ4n) is 3.58. The zero-order chi connectivity index (χ0) is 44.6. The maximum Gasteiger partial charge on any atom is 0.338 e. The van der Waals surface area contributed by atoms with E-state index in [4.69, 9.17) is 44.9 Å². The lowest BCUT2D eigenvalue weighted by molar-refractivity contribution is 0.0427. The molecule has 4 aliphatic rings. The SMILES string of the molecule is [2H]c1c([2H])c2c([2H])c([2H])c1C(=O)OCCCCOC(=O)c1c([2H])c([2H])c(c([2H])c1[2H])C(=O)OCCCCOC(=O)c1c([2H])c([2H])c(c([2H])c1[2H])C(=O)OCCCCOC2=O. The second-order valence-electron chi connectivity index (χ2n) is 9.69. The Morgan fingerprint density at radius 3 is 0.542 bits per heavy atom. The lowest BCUT2D eigenvalue weighted by Gasteiger charge is -2.09. The van der Waals surface area contributed by atoms with Crippen LogP contribution in [0.4, 0.5) is 0 Å². The van der Waals surface area contributed by atoms with Gasteiger partial charge in [0.1, 0.15) is 0 Å². The second kappa shape index (κ2) is 18.6. The van der Waals surface area contributed by atoms with Crippen molar-refractivity contribution in [2.75, 3.05) is 39.6 Å². The van der Waals surface area contributed by atoms with E-state index in [0.29, 0.717) is 0 Å². The van der Waals surface area contributed by atoms with Crippen LogP contribution in [0.25, 0.3) is 0 Å². The Morgan fingerprint density at radius 1 is 0.292 bits per heavy atom. The van der Waals surface area contributed by atoms with Crippen molar-refractivity contribution in [2.24, 2.45) is 0 Å². The van der Waals surface area contributed by atoms with Crippen molar-refractivity contribution in [3.63, 3.8) is 0 Å². The Labute approximate surface area is 294 Å². The van der Waals surface area contributed by atoms with Gasteiger partial charge in [-0.05, 0) is 111 Å². The average molecular weight is 673 g/mol. The van der Waals surface area contributed by atoms with Crippen LogP contribution in [-0.2, 0) is 28.4 Å². The van der Waals surface area contributed by atoms with Gasteiger partial charge in [0.05, 0.1) is 89.5 Å². The number of ether oxygens (including phenoxy) is 6. The van der Waals surface area contributed by atoms with Gasteiger partial charge in [0, 0.05) is 0 Å². The van der Waals surface area contributed by atoms with Gasteiger partial charge >= 0.3 is 35.8 Å². The average Bonchev–Trinajstić information content (AvgIpc) is 3.19. The molecule has 12 heteroatoms. The van der Waals surface area contributed by atoms with E-state index in [1.807, 2.05) is 0 Å². The monoisotopic (exact) mass is 672 g/mol. The van der Waals surface area contributed by atoms with Crippen LogP contribution in [0.5, 0.6) is 0 Å². The molecule has 48 heavy (non-hydrogen) atoms. The van der Waals surface area contributed by atoms with Crippen molar-refractivity contribution >= 4 is 35.8 Å². The fraction of sp³-hybridized carbons (Fsp3) is 0.333. The lowest BCUT2D eigenvalue weighted by atomic mass is 10.1. The molecule has 7 rings (SSSR count). The molecule has 4 heterocycles. The van der Waals surface area contributed by atoms with Crippen molar-refractivity contribution in [2.45, 2.75) is 38.5 Å². The molecule has 4 aliphatic heterocycles. The van der Waals surface area contributed by atoms with E-state index >= 15 is 0 Å². The summed E-state index contributed by atoms with van der Waals surface area (Å²) >= 11 is 0. The predicted octanol–water partition coefficient (Wildman–Crippen LogP) is 5.38. The molecule has 0 aliphatic carbocycles. The standard InChI is InChI=1S/C36H36O12/c37-31-25-7-9-27(10-8-25)33(39)45-21-3-4-23-47-35(41)29-15-17-30(18-16-29)36(42)48-24-6-5-22-46-34(40)28-13-11-26(12-14-28)32(38)44-20-2-1-19-43-31/h7-18H,1-6,19-24H2/i7D,8D,9D,10D,11D,12D,13D,14D,15D,16D,17D,18D. The van der Waals surface area contributed by atoms with Crippen molar-refractivity contribution in [3.8, 4) is 0 Å². The highest BCUT2D eigenvalue weighted by Gasteiger charge is 2.14. The van der Waals surface area contributed by atoms with Crippen LogP contribution in [0, 0.1) is 0 Å². The Hall–Kier alpha value is -5.52. The zero-order valence-corrected chi connectivity index (χ0v) is 25.4. The van der Waals surface area contributed by atoms with E-state index in [1.165, 1.54) is 0 Å². The van der Waals surface area contributed by atoms with Crippen molar-refractivity contribution in [1.82, 2.24) is 0 Å².